The van der Waals surface area contributed by atoms with Gasteiger partial charge in [-0.1, -0.05) is 0 Å². The van der Waals surface area contributed by atoms with Crippen molar-refractivity contribution >= 4 is 11.3 Å². The average molecular weight is 296 g/mol. The summed E-state index contributed by atoms with van der Waals surface area (Å²) in [5.74, 6) is 0.262. The number of hydrogen-bond acceptors (Lipinski definition) is 6. The maximum atomic E-state index is 15.1. The zero-order chi connectivity index (χ0) is 15.4. The number of nitrogen functional groups attached to an aromatic ring is 1. The largest absolute Gasteiger partial charge is 0.394 e. The summed E-state index contributed by atoms with van der Waals surface area (Å²) in [6, 6.07) is 3.29. The molecule has 7 nitrogen and oxygen atoms in total. The fourth-order valence-electron chi connectivity index (χ4n) is 2.88. The Morgan fingerprint density at radius 3 is 2.81 bits per heavy atom. The summed E-state index contributed by atoms with van der Waals surface area (Å²) in [5.41, 5.74) is 3.10. The van der Waals surface area contributed by atoms with E-state index in [0.717, 1.165) is 0 Å². The molecule has 1 aliphatic rings. The first-order chi connectivity index (χ1) is 9.83. The van der Waals surface area contributed by atoms with Gasteiger partial charge >= 0.3 is 0 Å². The second kappa shape index (κ2) is 4.36. The first kappa shape index (κ1) is 14.2. The van der Waals surface area contributed by atoms with Crippen LogP contribution in [-0.4, -0.2) is 49.3 Å². The van der Waals surface area contributed by atoms with Gasteiger partial charge in [-0.15, -0.1) is 0 Å². The summed E-state index contributed by atoms with van der Waals surface area (Å²) in [7, 11) is 0. The summed E-state index contributed by atoms with van der Waals surface area (Å²) in [6.07, 6.45) is -1.19. The number of rotatable bonds is 2. The van der Waals surface area contributed by atoms with Crippen molar-refractivity contribution in [3.05, 3.63) is 24.2 Å². The molecule has 4 N–H and O–H groups in total. The number of aliphatic hydroxyl groups excluding tert-OH is 2. The number of fused-ring (bicyclic) bond motifs is 1. The number of nitrogens with two attached hydrogens (primary N) is 1. The van der Waals surface area contributed by atoms with Crippen molar-refractivity contribution in [3.8, 4) is 0 Å². The Hall–Kier alpha value is -1.77. The molecule has 0 bridgehead atoms. The van der Waals surface area contributed by atoms with Gasteiger partial charge in [0.15, 0.2) is 11.5 Å². The van der Waals surface area contributed by atoms with Gasteiger partial charge < -0.3 is 20.7 Å². The van der Waals surface area contributed by atoms with E-state index in [1.165, 1.54) is 24.7 Å². The molecule has 21 heavy (non-hydrogen) atoms. The third kappa shape index (κ3) is 1.69. The predicted molar refractivity (Wildman–Crippen MR) is 72.2 cm³/mol. The van der Waals surface area contributed by atoms with Crippen molar-refractivity contribution < 1.29 is 19.3 Å². The Kier molecular flexibility index (Phi) is 2.94. The topological polar surface area (TPSA) is 106 Å². The van der Waals surface area contributed by atoms with E-state index < -0.39 is 30.1 Å². The summed E-state index contributed by atoms with van der Waals surface area (Å²) >= 11 is 0. The number of halogens is 1. The molecule has 1 aliphatic heterocycles. The van der Waals surface area contributed by atoms with Crippen LogP contribution in [0.2, 0.25) is 0 Å². The minimum Gasteiger partial charge on any atom is -0.394 e. The molecule has 3 heterocycles. The van der Waals surface area contributed by atoms with Crippen LogP contribution in [0.5, 0.6) is 0 Å². The first-order valence-electron chi connectivity index (χ1n) is 6.57. The number of alkyl halides is 1. The van der Waals surface area contributed by atoms with Gasteiger partial charge in [-0.05, 0) is 26.0 Å². The summed E-state index contributed by atoms with van der Waals surface area (Å²) < 4.78 is 22.2. The van der Waals surface area contributed by atoms with Gasteiger partial charge in [-0.25, -0.2) is 13.9 Å². The molecule has 3 rings (SSSR count). The standard InChI is InChI=1S/C13H17FN4O3/c1-12(14)10(20)8(5-19)21-13(12,2)9-4-3-7-11(15)16-6-17-18(7)9/h3-4,6,8,10,19-20H,5H2,1-2H3,(H2,15,16,17)/t8?,10-,12-,13+/m1/s1. The van der Waals surface area contributed by atoms with Gasteiger partial charge in [0.2, 0.25) is 0 Å². The van der Waals surface area contributed by atoms with E-state index in [9.17, 15) is 10.2 Å². The van der Waals surface area contributed by atoms with Crippen molar-refractivity contribution in [3.63, 3.8) is 0 Å². The number of hydrogen-bond donors (Lipinski definition) is 3. The van der Waals surface area contributed by atoms with E-state index in [4.69, 9.17) is 10.5 Å². The van der Waals surface area contributed by atoms with Crippen LogP contribution in [0.15, 0.2) is 18.5 Å². The SMILES string of the molecule is C[C@@]1(c2ccc3c(N)ncnn23)OC(CO)[C@@H](O)[C@@]1(C)F. The van der Waals surface area contributed by atoms with Crippen LogP contribution in [0.1, 0.15) is 19.5 Å². The minimum atomic E-state index is -2.10. The maximum absolute atomic E-state index is 15.1. The third-order valence-electron chi connectivity index (χ3n) is 4.38. The maximum Gasteiger partial charge on any atom is 0.170 e. The molecule has 2 aromatic heterocycles. The molecular weight excluding hydrogens is 279 g/mol. The van der Waals surface area contributed by atoms with Gasteiger partial charge in [0.05, 0.1) is 12.3 Å². The molecule has 0 saturated carbocycles. The monoisotopic (exact) mass is 296 g/mol. The molecule has 1 unspecified atom stereocenters. The van der Waals surface area contributed by atoms with Crippen molar-refractivity contribution in [2.75, 3.05) is 12.3 Å². The Balaban J connectivity index is 2.19. The van der Waals surface area contributed by atoms with Crippen molar-refractivity contribution in [1.29, 1.82) is 0 Å². The molecule has 1 saturated heterocycles. The van der Waals surface area contributed by atoms with Gasteiger partial charge in [0.25, 0.3) is 0 Å². The second-order valence-electron chi connectivity index (χ2n) is 5.55. The van der Waals surface area contributed by atoms with Gasteiger partial charge in [0, 0.05) is 0 Å². The first-order valence-corrected chi connectivity index (χ1v) is 6.57. The molecule has 1 fully saturated rings. The smallest absolute Gasteiger partial charge is 0.170 e. The van der Waals surface area contributed by atoms with Crippen LogP contribution >= 0.6 is 0 Å². The minimum absolute atomic E-state index is 0.262. The van der Waals surface area contributed by atoms with Crippen LogP contribution in [0.3, 0.4) is 0 Å². The molecule has 8 heteroatoms. The molecular formula is C13H17FN4O3. The molecule has 0 spiro atoms. The predicted octanol–water partition coefficient (Wildman–Crippen LogP) is 0.00690. The van der Waals surface area contributed by atoms with E-state index in [1.54, 1.807) is 12.1 Å². The number of aromatic nitrogens is 3. The Morgan fingerprint density at radius 1 is 1.48 bits per heavy atom. The highest BCUT2D eigenvalue weighted by molar-refractivity contribution is 5.65. The number of aliphatic hydroxyl groups is 2. The van der Waals surface area contributed by atoms with Crippen LogP contribution in [0.4, 0.5) is 10.2 Å². The number of ether oxygens (including phenoxy) is 1. The zero-order valence-electron chi connectivity index (χ0n) is 11.7. The lowest BCUT2D eigenvalue weighted by atomic mass is 9.82. The van der Waals surface area contributed by atoms with Crippen LogP contribution < -0.4 is 5.73 Å². The van der Waals surface area contributed by atoms with Crippen LogP contribution in [-0.2, 0) is 10.3 Å². The average Bonchev–Trinajstić information content (AvgIpc) is 2.95. The lowest BCUT2D eigenvalue weighted by Crippen LogP contribution is -2.47. The third-order valence-corrected chi connectivity index (χ3v) is 4.38. The summed E-state index contributed by atoms with van der Waals surface area (Å²) in [4.78, 5) is 3.87. The van der Waals surface area contributed by atoms with Gasteiger partial charge in [-0.3, -0.25) is 0 Å². The van der Waals surface area contributed by atoms with E-state index >= 15 is 4.39 Å². The van der Waals surface area contributed by atoms with Crippen molar-refractivity contribution in [1.82, 2.24) is 14.6 Å². The highest BCUT2D eigenvalue weighted by Crippen LogP contribution is 2.49. The van der Waals surface area contributed by atoms with Crippen molar-refractivity contribution in [2.24, 2.45) is 0 Å². The lowest BCUT2D eigenvalue weighted by Gasteiger charge is -2.33. The van der Waals surface area contributed by atoms with E-state index in [-0.39, 0.29) is 5.82 Å². The van der Waals surface area contributed by atoms with Crippen LogP contribution in [0, 0.1) is 0 Å². The molecule has 4 atom stereocenters. The lowest BCUT2D eigenvalue weighted by molar-refractivity contribution is -0.0990. The Morgan fingerprint density at radius 2 is 2.19 bits per heavy atom. The zero-order valence-corrected chi connectivity index (χ0v) is 11.7. The molecule has 114 valence electrons. The Bertz CT molecular complexity index is 689. The fraction of sp³-hybridized carbons (Fsp3) is 0.538. The van der Waals surface area contributed by atoms with E-state index in [1.807, 2.05) is 0 Å². The fourth-order valence-corrected chi connectivity index (χ4v) is 2.88. The molecule has 2 aromatic rings. The molecule has 0 radical (unpaired) electrons. The quantitative estimate of drug-likeness (QED) is 0.720. The molecule has 0 aromatic carbocycles. The highest BCUT2D eigenvalue weighted by Gasteiger charge is 2.63. The summed E-state index contributed by atoms with van der Waals surface area (Å²) in [6.45, 7) is 2.29. The normalized spacial score (nSPS) is 36.4. The Labute approximate surface area is 120 Å². The number of nitrogens with zero attached hydrogens (tertiary/aromatic N) is 3. The second-order valence-corrected chi connectivity index (χ2v) is 5.55. The van der Waals surface area contributed by atoms with Crippen LogP contribution in [0.25, 0.3) is 5.52 Å². The number of anilines is 1. The van der Waals surface area contributed by atoms with Gasteiger partial charge in [-0.2, -0.15) is 5.10 Å². The molecule has 0 amide bonds. The van der Waals surface area contributed by atoms with E-state index in [2.05, 4.69) is 10.1 Å². The van der Waals surface area contributed by atoms with E-state index in [0.29, 0.717) is 11.2 Å². The summed E-state index contributed by atoms with van der Waals surface area (Å²) in [5, 5.41) is 23.4. The molecule has 0 aliphatic carbocycles. The van der Waals surface area contributed by atoms with Gasteiger partial charge in [0.1, 0.15) is 29.7 Å². The highest BCUT2D eigenvalue weighted by atomic mass is 19.1. The van der Waals surface area contributed by atoms with Crippen molar-refractivity contribution in [2.45, 2.75) is 37.3 Å².